The molecular weight excluding hydrogens is 454 g/mol. The fourth-order valence-corrected chi connectivity index (χ4v) is 6.16. The summed E-state index contributed by atoms with van der Waals surface area (Å²) in [6.07, 6.45) is 5.27. The molecule has 1 atom stereocenters. The van der Waals surface area contributed by atoms with Crippen LogP contribution >= 0.6 is 11.3 Å². The highest BCUT2D eigenvalue weighted by Crippen LogP contribution is 2.39. The molecule has 2 N–H and O–H groups in total. The van der Waals surface area contributed by atoms with Gasteiger partial charge in [-0.05, 0) is 56.2 Å². The molecule has 4 amide bonds. The van der Waals surface area contributed by atoms with E-state index in [4.69, 9.17) is 4.74 Å². The molecule has 1 unspecified atom stereocenters. The van der Waals surface area contributed by atoms with Gasteiger partial charge in [0.05, 0.1) is 22.8 Å². The Labute approximate surface area is 201 Å². The Morgan fingerprint density at radius 3 is 2.56 bits per heavy atom. The number of fused-ring (bicyclic) bond motifs is 2. The Morgan fingerprint density at radius 2 is 1.85 bits per heavy atom. The van der Waals surface area contributed by atoms with E-state index in [0.717, 1.165) is 49.2 Å². The average molecular weight is 482 g/mol. The highest BCUT2D eigenvalue weighted by Gasteiger charge is 2.34. The maximum Gasteiger partial charge on any atom is 0.261 e. The zero-order valence-corrected chi connectivity index (χ0v) is 19.7. The normalized spacial score (nSPS) is 18.8. The van der Waals surface area contributed by atoms with Crippen LogP contribution in [0.5, 0.6) is 0 Å². The molecule has 1 saturated heterocycles. The molecule has 8 nitrogen and oxygen atoms in total. The predicted octanol–water partition coefficient (Wildman–Crippen LogP) is 3.16. The highest BCUT2D eigenvalue weighted by atomic mass is 32.1. The molecule has 3 aliphatic rings. The third-order valence-electron chi connectivity index (χ3n) is 6.58. The lowest BCUT2D eigenvalue weighted by atomic mass is 10.1. The van der Waals surface area contributed by atoms with Crippen molar-refractivity contribution in [3.63, 3.8) is 0 Å². The van der Waals surface area contributed by atoms with Crippen molar-refractivity contribution in [3.8, 4) is 0 Å². The van der Waals surface area contributed by atoms with E-state index in [2.05, 4.69) is 10.6 Å². The molecular formula is C25H27N3O5S. The van der Waals surface area contributed by atoms with Gasteiger partial charge in [0.25, 0.3) is 17.7 Å². The Bertz CT molecular complexity index is 1120. The van der Waals surface area contributed by atoms with E-state index in [9.17, 15) is 19.2 Å². The third kappa shape index (κ3) is 4.37. The molecule has 2 aromatic rings. The van der Waals surface area contributed by atoms with Crippen LogP contribution in [0.1, 0.15) is 73.6 Å². The first-order chi connectivity index (χ1) is 16.5. The number of nitrogens with one attached hydrogen (secondary N) is 2. The summed E-state index contributed by atoms with van der Waals surface area (Å²) in [6.45, 7) is 1.38. The smallest absolute Gasteiger partial charge is 0.261 e. The zero-order chi connectivity index (χ0) is 23.7. The Hall–Kier alpha value is -3.04. The molecule has 1 aliphatic carbocycles. The van der Waals surface area contributed by atoms with Gasteiger partial charge in [0, 0.05) is 31.0 Å². The van der Waals surface area contributed by atoms with Crippen molar-refractivity contribution < 1.29 is 23.9 Å². The maximum absolute atomic E-state index is 13.0. The topological polar surface area (TPSA) is 105 Å². The van der Waals surface area contributed by atoms with Gasteiger partial charge >= 0.3 is 0 Å². The number of ether oxygens (including phenoxy) is 1. The third-order valence-corrected chi connectivity index (χ3v) is 7.79. The van der Waals surface area contributed by atoms with Gasteiger partial charge in [-0.3, -0.25) is 24.1 Å². The minimum Gasteiger partial charge on any atom is -0.376 e. The molecule has 1 fully saturated rings. The molecule has 0 saturated carbocycles. The van der Waals surface area contributed by atoms with Gasteiger partial charge in [-0.2, -0.15) is 0 Å². The number of imide groups is 1. The number of aryl methyl sites for hydroxylation is 1. The van der Waals surface area contributed by atoms with Gasteiger partial charge in [-0.25, -0.2) is 0 Å². The summed E-state index contributed by atoms with van der Waals surface area (Å²) in [5, 5.41) is 6.48. The molecule has 0 spiro atoms. The monoisotopic (exact) mass is 481 g/mol. The second kappa shape index (κ2) is 9.68. The summed E-state index contributed by atoms with van der Waals surface area (Å²) in [6, 6.07) is 6.75. The number of hydrogen-bond donors (Lipinski definition) is 2. The van der Waals surface area contributed by atoms with Crippen LogP contribution in [0.15, 0.2) is 24.3 Å². The summed E-state index contributed by atoms with van der Waals surface area (Å²) in [7, 11) is 0. The molecule has 3 heterocycles. The van der Waals surface area contributed by atoms with Crippen molar-refractivity contribution in [1.82, 2.24) is 10.2 Å². The molecule has 5 rings (SSSR count). The van der Waals surface area contributed by atoms with E-state index in [1.807, 2.05) is 0 Å². The number of rotatable bonds is 8. The van der Waals surface area contributed by atoms with Gasteiger partial charge < -0.3 is 15.4 Å². The molecule has 1 aromatic carbocycles. The van der Waals surface area contributed by atoms with Crippen molar-refractivity contribution in [2.24, 2.45) is 0 Å². The van der Waals surface area contributed by atoms with Crippen LogP contribution in [0.2, 0.25) is 0 Å². The fraction of sp³-hybridized carbons (Fsp3) is 0.440. The van der Waals surface area contributed by atoms with Crippen LogP contribution in [0.4, 0.5) is 5.00 Å². The number of hydrogen-bond acceptors (Lipinski definition) is 6. The summed E-state index contributed by atoms with van der Waals surface area (Å²) >= 11 is 1.47. The van der Waals surface area contributed by atoms with E-state index < -0.39 is 0 Å². The number of benzene rings is 1. The molecule has 0 radical (unpaired) electrons. The van der Waals surface area contributed by atoms with E-state index in [-0.39, 0.29) is 42.7 Å². The van der Waals surface area contributed by atoms with E-state index in [0.29, 0.717) is 34.7 Å². The molecule has 34 heavy (non-hydrogen) atoms. The molecule has 0 bridgehead atoms. The lowest BCUT2D eigenvalue weighted by Crippen LogP contribution is -2.32. The number of thiophene rings is 1. The van der Waals surface area contributed by atoms with Crippen molar-refractivity contribution >= 4 is 40.0 Å². The minimum atomic E-state index is -0.319. The summed E-state index contributed by atoms with van der Waals surface area (Å²) < 4.78 is 5.60. The number of carbonyl (C=O) groups is 4. The first-order valence-corrected chi connectivity index (χ1v) is 12.6. The van der Waals surface area contributed by atoms with Crippen LogP contribution in [0.3, 0.4) is 0 Å². The van der Waals surface area contributed by atoms with Crippen LogP contribution in [-0.2, 0) is 22.4 Å². The minimum absolute atomic E-state index is 0.0517. The van der Waals surface area contributed by atoms with Crippen LogP contribution in [0.25, 0.3) is 0 Å². The number of nitrogens with zero attached hydrogens (tertiary/aromatic N) is 1. The highest BCUT2D eigenvalue weighted by molar-refractivity contribution is 7.17. The van der Waals surface area contributed by atoms with Crippen LogP contribution < -0.4 is 10.6 Å². The number of carbonyl (C=O) groups excluding carboxylic acids is 4. The SMILES string of the molecule is O=C(CCCN1C(=O)c2ccccc2C1=O)Nc1sc2c(c1C(=O)NCC1CCCO1)CCC2. The van der Waals surface area contributed by atoms with Crippen molar-refractivity contribution in [2.45, 2.75) is 51.0 Å². The number of anilines is 1. The predicted molar refractivity (Wildman–Crippen MR) is 127 cm³/mol. The Kier molecular flexibility index (Phi) is 6.47. The summed E-state index contributed by atoms with van der Waals surface area (Å²) in [5.74, 6) is -1.04. The van der Waals surface area contributed by atoms with Gasteiger partial charge in [0.2, 0.25) is 5.91 Å². The lowest BCUT2D eigenvalue weighted by Gasteiger charge is -2.14. The average Bonchev–Trinajstić information content (AvgIpc) is 3.60. The Balaban J connectivity index is 1.18. The van der Waals surface area contributed by atoms with Crippen LogP contribution in [0, 0.1) is 0 Å². The van der Waals surface area contributed by atoms with Crippen molar-refractivity contribution in [3.05, 3.63) is 51.4 Å². The van der Waals surface area contributed by atoms with Crippen molar-refractivity contribution in [2.75, 3.05) is 25.0 Å². The second-order valence-corrected chi connectivity index (χ2v) is 9.97. The largest absolute Gasteiger partial charge is 0.376 e. The van der Waals surface area contributed by atoms with Crippen molar-refractivity contribution in [1.29, 1.82) is 0 Å². The van der Waals surface area contributed by atoms with E-state index >= 15 is 0 Å². The summed E-state index contributed by atoms with van der Waals surface area (Å²) in [4.78, 5) is 53.0. The first kappa shape index (κ1) is 22.7. The Morgan fingerprint density at radius 1 is 1.09 bits per heavy atom. The van der Waals surface area contributed by atoms with Gasteiger partial charge in [0.15, 0.2) is 0 Å². The maximum atomic E-state index is 13.0. The molecule has 9 heteroatoms. The van der Waals surface area contributed by atoms with E-state index in [1.54, 1.807) is 24.3 Å². The van der Waals surface area contributed by atoms with E-state index in [1.165, 1.54) is 16.2 Å². The van der Waals surface area contributed by atoms with Gasteiger partial charge in [-0.1, -0.05) is 12.1 Å². The zero-order valence-electron chi connectivity index (χ0n) is 18.9. The van der Waals surface area contributed by atoms with Crippen LogP contribution in [-0.4, -0.2) is 54.3 Å². The summed E-state index contributed by atoms with van der Waals surface area (Å²) in [5.41, 5.74) is 2.42. The molecule has 1 aromatic heterocycles. The van der Waals surface area contributed by atoms with Gasteiger partial charge in [0.1, 0.15) is 5.00 Å². The van der Waals surface area contributed by atoms with Gasteiger partial charge in [-0.15, -0.1) is 11.3 Å². The second-order valence-electron chi connectivity index (χ2n) is 8.87. The fourth-order valence-electron chi connectivity index (χ4n) is 4.86. The lowest BCUT2D eigenvalue weighted by molar-refractivity contribution is -0.116. The molecule has 2 aliphatic heterocycles. The standard InChI is InChI=1S/C25H27N3O5S/c29-20(11-4-12-28-24(31)16-7-1-2-8-17(16)25(28)32)27-23-21(18-9-3-10-19(18)34-23)22(30)26-14-15-6-5-13-33-15/h1-2,7-8,15H,3-6,9-14H2,(H,26,30)(H,27,29). The number of amides is 4. The molecule has 178 valence electrons. The quantitative estimate of drug-likeness (QED) is 0.564. The first-order valence-electron chi connectivity index (χ1n) is 11.8.